The third-order valence-corrected chi connectivity index (χ3v) is 5.12. The molecule has 2 heterocycles. The number of nitrogens with zero attached hydrogens (tertiary/aromatic N) is 1. The van der Waals surface area contributed by atoms with Crippen molar-refractivity contribution in [3.8, 4) is 0 Å². The molecule has 4 rings (SSSR count). The van der Waals surface area contributed by atoms with Gasteiger partial charge in [-0.3, -0.25) is 9.71 Å². The quantitative estimate of drug-likeness (QED) is 0.752. The molecule has 4 nitrogen and oxygen atoms in total. The summed E-state index contributed by atoms with van der Waals surface area (Å²) in [4.78, 5) is 4.69. The fraction of sp³-hybridized carbons (Fsp3) is 0. The van der Waals surface area contributed by atoms with Gasteiger partial charge in [0.25, 0.3) is 10.0 Å². The number of fused-ring (bicyclic) bond motifs is 2. The van der Waals surface area contributed by atoms with Gasteiger partial charge in [0, 0.05) is 17.1 Å². The van der Waals surface area contributed by atoms with Crippen molar-refractivity contribution in [3.05, 3.63) is 72.1 Å². The third kappa shape index (κ3) is 1.98. The SMILES string of the molecule is O=S1(=O)N/C(=C\c2nccc3ccccc23)c2ccccc21. The van der Waals surface area contributed by atoms with E-state index in [1.165, 1.54) is 0 Å². The van der Waals surface area contributed by atoms with Crippen LogP contribution in [0, 0.1) is 0 Å². The van der Waals surface area contributed by atoms with Gasteiger partial charge in [0.1, 0.15) is 0 Å². The summed E-state index contributed by atoms with van der Waals surface area (Å²) in [5.41, 5.74) is 1.98. The van der Waals surface area contributed by atoms with Gasteiger partial charge in [-0.1, -0.05) is 42.5 Å². The molecule has 0 aliphatic carbocycles. The van der Waals surface area contributed by atoms with Crippen LogP contribution in [0.1, 0.15) is 11.3 Å². The molecular formula is C17H12N2O2S. The van der Waals surface area contributed by atoms with Crippen molar-refractivity contribution in [2.24, 2.45) is 0 Å². The number of hydrogen-bond donors (Lipinski definition) is 1. The van der Waals surface area contributed by atoms with E-state index in [1.807, 2.05) is 36.4 Å². The fourth-order valence-corrected chi connectivity index (χ4v) is 3.97. The van der Waals surface area contributed by atoms with Gasteiger partial charge in [0.2, 0.25) is 0 Å². The van der Waals surface area contributed by atoms with E-state index in [0.717, 1.165) is 16.5 Å². The van der Waals surface area contributed by atoms with Crippen LogP contribution in [0.15, 0.2) is 65.7 Å². The van der Waals surface area contributed by atoms with Crippen LogP contribution in [-0.2, 0) is 10.0 Å². The molecule has 0 spiro atoms. The van der Waals surface area contributed by atoms with Gasteiger partial charge in [-0.15, -0.1) is 0 Å². The van der Waals surface area contributed by atoms with Crippen molar-refractivity contribution in [1.82, 2.24) is 9.71 Å². The standard InChI is InChI=1S/C17H12N2O2S/c20-22(21)17-8-4-3-7-14(17)16(19-22)11-15-13-6-2-1-5-12(13)9-10-18-15/h1-11,19H/b16-11-. The summed E-state index contributed by atoms with van der Waals surface area (Å²) in [5, 5.41) is 2.06. The van der Waals surface area contributed by atoms with Gasteiger partial charge in [0.05, 0.1) is 16.3 Å². The van der Waals surface area contributed by atoms with Crippen molar-refractivity contribution in [2.45, 2.75) is 4.90 Å². The van der Waals surface area contributed by atoms with Crippen LogP contribution >= 0.6 is 0 Å². The van der Waals surface area contributed by atoms with E-state index in [4.69, 9.17) is 0 Å². The van der Waals surface area contributed by atoms with Crippen LogP contribution in [0.25, 0.3) is 22.5 Å². The molecular weight excluding hydrogens is 296 g/mol. The molecule has 2 aromatic carbocycles. The lowest BCUT2D eigenvalue weighted by Gasteiger charge is -2.03. The second kappa shape index (κ2) is 4.68. The predicted molar refractivity (Wildman–Crippen MR) is 86.4 cm³/mol. The number of benzene rings is 2. The van der Waals surface area contributed by atoms with Crippen LogP contribution in [0.2, 0.25) is 0 Å². The first-order valence-electron chi connectivity index (χ1n) is 6.83. The Labute approximate surface area is 128 Å². The minimum atomic E-state index is -3.47. The van der Waals surface area contributed by atoms with Crippen molar-refractivity contribution >= 4 is 32.6 Å². The van der Waals surface area contributed by atoms with E-state index in [2.05, 4.69) is 9.71 Å². The van der Waals surface area contributed by atoms with Crippen LogP contribution in [0.4, 0.5) is 0 Å². The molecule has 0 unspecified atom stereocenters. The van der Waals surface area contributed by atoms with Crippen molar-refractivity contribution in [2.75, 3.05) is 0 Å². The number of aromatic nitrogens is 1. The van der Waals surface area contributed by atoms with E-state index in [0.29, 0.717) is 16.2 Å². The Hall–Kier alpha value is -2.66. The highest BCUT2D eigenvalue weighted by molar-refractivity contribution is 7.90. The van der Waals surface area contributed by atoms with Crippen LogP contribution in [0.5, 0.6) is 0 Å². The molecule has 0 saturated carbocycles. The summed E-state index contributed by atoms with van der Waals surface area (Å²) in [6.07, 6.45) is 3.51. The molecule has 0 amide bonds. The van der Waals surface area contributed by atoms with Gasteiger partial charge in [0.15, 0.2) is 0 Å². The fourth-order valence-electron chi connectivity index (χ4n) is 2.68. The maximum absolute atomic E-state index is 12.1. The van der Waals surface area contributed by atoms with E-state index in [9.17, 15) is 8.42 Å². The normalized spacial score (nSPS) is 17.4. The molecule has 108 valence electrons. The molecule has 0 radical (unpaired) electrons. The van der Waals surface area contributed by atoms with E-state index < -0.39 is 10.0 Å². The first-order valence-corrected chi connectivity index (χ1v) is 8.31. The summed E-state index contributed by atoms with van der Waals surface area (Å²) in [6, 6.07) is 16.8. The first kappa shape index (κ1) is 13.0. The Kier molecular flexibility index (Phi) is 2.77. The van der Waals surface area contributed by atoms with E-state index >= 15 is 0 Å². The zero-order valence-corrected chi connectivity index (χ0v) is 12.3. The van der Waals surface area contributed by atoms with Gasteiger partial charge in [-0.25, -0.2) is 8.42 Å². The second-order valence-electron chi connectivity index (χ2n) is 5.08. The molecule has 22 heavy (non-hydrogen) atoms. The summed E-state index contributed by atoms with van der Waals surface area (Å²) in [6.45, 7) is 0. The predicted octanol–water partition coefficient (Wildman–Crippen LogP) is 3.02. The number of sulfonamides is 1. The van der Waals surface area contributed by atoms with Crippen molar-refractivity contribution in [1.29, 1.82) is 0 Å². The maximum atomic E-state index is 12.1. The van der Waals surface area contributed by atoms with Crippen molar-refractivity contribution in [3.63, 3.8) is 0 Å². The summed E-state index contributed by atoms with van der Waals surface area (Å²) in [7, 11) is -3.47. The number of nitrogens with one attached hydrogen (secondary N) is 1. The Balaban J connectivity index is 1.94. The smallest absolute Gasteiger partial charge is 0.262 e. The lowest BCUT2D eigenvalue weighted by atomic mass is 10.1. The molecule has 5 heteroatoms. The second-order valence-corrected chi connectivity index (χ2v) is 6.73. The highest BCUT2D eigenvalue weighted by Gasteiger charge is 2.28. The molecule has 1 N–H and O–H groups in total. The lowest BCUT2D eigenvalue weighted by Crippen LogP contribution is -2.13. The minimum Gasteiger partial charge on any atom is -0.279 e. The average molecular weight is 308 g/mol. The minimum absolute atomic E-state index is 0.307. The van der Waals surface area contributed by atoms with Gasteiger partial charge in [-0.05, 0) is 23.6 Å². The van der Waals surface area contributed by atoms with E-state index in [-0.39, 0.29) is 0 Å². The van der Waals surface area contributed by atoms with Crippen molar-refractivity contribution < 1.29 is 8.42 Å². The first-order chi connectivity index (χ1) is 10.6. The van der Waals surface area contributed by atoms with Gasteiger partial charge in [-0.2, -0.15) is 0 Å². The lowest BCUT2D eigenvalue weighted by molar-refractivity contribution is 0.594. The summed E-state index contributed by atoms with van der Waals surface area (Å²) < 4.78 is 26.9. The number of pyridine rings is 1. The molecule has 0 fully saturated rings. The molecule has 0 bridgehead atoms. The van der Waals surface area contributed by atoms with Crippen LogP contribution in [0.3, 0.4) is 0 Å². The molecule has 1 aromatic heterocycles. The highest BCUT2D eigenvalue weighted by Crippen LogP contribution is 2.31. The summed E-state index contributed by atoms with van der Waals surface area (Å²) in [5.74, 6) is 0. The van der Waals surface area contributed by atoms with Gasteiger partial charge < -0.3 is 0 Å². The Morgan fingerprint density at radius 2 is 1.73 bits per heavy atom. The molecule has 1 aliphatic rings. The largest absolute Gasteiger partial charge is 0.279 e. The molecule has 0 atom stereocenters. The maximum Gasteiger partial charge on any atom is 0.262 e. The molecule has 0 saturated heterocycles. The van der Waals surface area contributed by atoms with E-state index in [1.54, 1.807) is 30.5 Å². The Bertz CT molecular complexity index is 1020. The van der Waals surface area contributed by atoms with Gasteiger partial charge >= 0.3 is 0 Å². The summed E-state index contributed by atoms with van der Waals surface area (Å²) >= 11 is 0. The molecule has 1 aliphatic heterocycles. The molecule has 3 aromatic rings. The zero-order chi connectivity index (χ0) is 15.2. The Morgan fingerprint density at radius 1 is 0.955 bits per heavy atom. The number of hydrogen-bond acceptors (Lipinski definition) is 3. The average Bonchev–Trinajstić information content (AvgIpc) is 2.79. The monoisotopic (exact) mass is 308 g/mol. The Morgan fingerprint density at radius 3 is 2.64 bits per heavy atom. The highest BCUT2D eigenvalue weighted by atomic mass is 32.2. The van der Waals surface area contributed by atoms with Crippen LogP contribution in [-0.4, -0.2) is 13.4 Å². The zero-order valence-electron chi connectivity index (χ0n) is 11.5. The number of rotatable bonds is 1. The topological polar surface area (TPSA) is 59.1 Å². The third-order valence-electron chi connectivity index (χ3n) is 3.70. The van der Waals surface area contributed by atoms with Crippen LogP contribution < -0.4 is 4.72 Å².